The number of nitrogens with one attached hydrogen (secondary N) is 1. The maximum atomic E-state index is 9.70. The average molecular weight is 230 g/mol. The Hall–Kier alpha value is -0.770. The van der Waals surface area contributed by atoms with Crippen LogP contribution in [0.1, 0.15) is 18.6 Å². The van der Waals surface area contributed by atoms with Crippen LogP contribution >= 0.6 is 11.6 Å². The second kappa shape index (κ2) is 5.95. The molecular weight excluding hydrogens is 214 g/mol. The lowest BCUT2D eigenvalue weighted by molar-refractivity contribution is 0.177. The molecule has 0 aromatic heterocycles. The Morgan fingerprint density at radius 1 is 1.53 bits per heavy atom. The summed E-state index contributed by atoms with van der Waals surface area (Å²) >= 11 is 6.00. The molecule has 0 saturated carbocycles. The van der Waals surface area contributed by atoms with Crippen LogP contribution in [0.2, 0.25) is 5.02 Å². The van der Waals surface area contributed by atoms with Crippen molar-refractivity contribution in [2.75, 3.05) is 20.2 Å². The maximum absolute atomic E-state index is 9.70. The summed E-state index contributed by atoms with van der Waals surface area (Å²) < 4.78 is 5.30. The molecule has 0 saturated heterocycles. The number of halogens is 1. The minimum Gasteiger partial charge on any atom is -0.492 e. The fourth-order valence-electron chi connectivity index (χ4n) is 1.31. The summed E-state index contributed by atoms with van der Waals surface area (Å²) in [5.74, 6) is 0.652. The van der Waals surface area contributed by atoms with Crippen LogP contribution in [0.25, 0.3) is 0 Å². The Balaban J connectivity index is 2.81. The highest BCUT2D eigenvalue weighted by Crippen LogP contribution is 2.27. The van der Waals surface area contributed by atoms with Gasteiger partial charge in [-0.15, -0.1) is 0 Å². The number of aliphatic hydroxyl groups is 1. The van der Waals surface area contributed by atoms with Gasteiger partial charge < -0.3 is 15.2 Å². The molecule has 1 aromatic rings. The molecule has 1 aromatic carbocycles. The van der Waals surface area contributed by atoms with Crippen molar-refractivity contribution in [1.82, 2.24) is 5.32 Å². The second-order valence-corrected chi connectivity index (χ2v) is 3.60. The fourth-order valence-corrected chi connectivity index (χ4v) is 1.55. The van der Waals surface area contributed by atoms with Crippen molar-refractivity contribution in [2.24, 2.45) is 0 Å². The summed E-state index contributed by atoms with van der Waals surface area (Å²) in [6.45, 7) is 2.99. The molecule has 4 heteroatoms. The summed E-state index contributed by atoms with van der Waals surface area (Å²) in [5, 5.41) is 13.1. The van der Waals surface area contributed by atoms with Gasteiger partial charge in [-0.25, -0.2) is 0 Å². The van der Waals surface area contributed by atoms with E-state index < -0.39 is 6.10 Å². The van der Waals surface area contributed by atoms with Crippen LogP contribution in [0.15, 0.2) is 18.2 Å². The first-order valence-electron chi connectivity index (χ1n) is 4.94. The van der Waals surface area contributed by atoms with Crippen molar-refractivity contribution in [3.63, 3.8) is 0 Å². The van der Waals surface area contributed by atoms with Gasteiger partial charge in [0.15, 0.2) is 0 Å². The van der Waals surface area contributed by atoms with Crippen LogP contribution in [0.3, 0.4) is 0 Å². The molecule has 0 heterocycles. The van der Waals surface area contributed by atoms with E-state index in [2.05, 4.69) is 5.32 Å². The number of aliphatic hydroxyl groups excluding tert-OH is 1. The second-order valence-electron chi connectivity index (χ2n) is 3.20. The van der Waals surface area contributed by atoms with Crippen molar-refractivity contribution < 1.29 is 9.84 Å². The molecule has 0 fully saturated rings. The number of likely N-dealkylation sites (N-methyl/N-ethyl adjacent to an activating group) is 1. The predicted octanol–water partition coefficient (Wildman–Crippen LogP) is 1.99. The molecule has 1 unspecified atom stereocenters. The van der Waals surface area contributed by atoms with E-state index in [-0.39, 0.29) is 0 Å². The molecule has 1 rings (SSSR count). The largest absolute Gasteiger partial charge is 0.492 e. The number of ether oxygens (including phenoxy) is 1. The van der Waals surface area contributed by atoms with Crippen LogP contribution in [0.5, 0.6) is 5.75 Å². The molecular formula is C11H16ClNO2. The number of benzene rings is 1. The number of hydrogen-bond donors (Lipinski definition) is 2. The van der Waals surface area contributed by atoms with Crippen molar-refractivity contribution in [2.45, 2.75) is 13.0 Å². The van der Waals surface area contributed by atoms with Crippen LogP contribution in [0, 0.1) is 0 Å². The Morgan fingerprint density at radius 3 is 2.80 bits per heavy atom. The number of rotatable bonds is 5. The van der Waals surface area contributed by atoms with Gasteiger partial charge in [-0.2, -0.15) is 0 Å². The lowest BCUT2D eigenvalue weighted by Crippen LogP contribution is -2.16. The lowest BCUT2D eigenvalue weighted by atomic mass is 10.1. The molecule has 0 aliphatic heterocycles. The molecule has 0 amide bonds. The van der Waals surface area contributed by atoms with Crippen molar-refractivity contribution in [1.29, 1.82) is 0 Å². The molecule has 0 radical (unpaired) electrons. The van der Waals surface area contributed by atoms with E-state index >= 15 is 0 Å². The minimum atomic E-state index is -0.539. The Labute approximate surface area is 95.0 Å². The van der Waals surface area contributed by atoms with E-state index in [4.69, 9.17) is 16.3 Å². The highest BCUT2D eigenvalue weighted by Gasteiger charge is 2.09. The molecule has 0 spiro atoms. The zero-order chi connectivity index (χ0) is 11.3. The van der Waals surface area contributed by atoms with Crippen LogP contribution in [-0.2, 0) is 0 Å². The van der Waals surface area contributed by atoms with Gasteiger partial charge in [0.05, 0.1) is 17.7 Å². The van der Waals surface area contributed by atoms with E-state index in [1.54, 1.807) is 19.2 Å². The highest BCUT2D eigenvalue weighted by atomic mass is 35.5. The summed E-state index contributed by atoms with van der Waals surface area (Å²) in [5.41, 5.74) is 0.790. The Kier molecular flexibility index (Phi) is 4.88. The third-order valence-electron chi connectivity index (χ3n) is 2.04. The molecule has 2 N–H and O–H groups in total. The molecule has 15 heavy (non-hydrogen) atoms. The van der Waals surface area contributed by atoms with Crippen molar-refractivity contribution in [3.05, 3.63) is 28.8 Å². The molecule has 0 bridgehead atoms. The number of hydrogen-bond acceptors (Lipinski definition) is 3. The molecule has 1 atom stereocenters. The molecule has 0 aliphatic rings. The zero-order valence-corrected chi connectivity index (χ0v) is 9.71. The summed E-state index contributed by atoms with van der Waals surface area (Å²) in [6, 6.07) is 5.33. The van der Waals surface area contributed by atoms with E-state index in [0.29, 0.717) is 23.9 Å². The highest BCUT2D eigenvalue weighted by molar-refractivity contribution is 6.32. The third-order valence-corrected chi connectivity index (χ3v) is 2.33. The van der Waals surface area contributed by atoms with Crippen LogP contribution in [-0.4, -0.2) is 25.3 Å². The van der Waals surface area contributed by atoms with E-state index in [1.165, 1.54) is 0 Å². The van der Waals surface area contributed by atoms with E-state index in [1.807, 2.05) is 13.0 Å². The maximum Gasteiger partial charge on any atom is 0.137 e. The van der Waals surface area contributed by atoms with Gasteiger partial charge >= 0.3 is 0 Å². The first kappa shape index (κ1) is 12.3. The standard InChI is InChI=1S/C11H16ClNO2/c1-3-15-11-5-4-8(6-9(11)12)10(14)7-13-2/h4-6,10,13-14H,3,7H2,1-2H3. The summed E-state index contributed by atoms with van der Waals surface area (Å²) in [4.78, 5) is 0. The predicted molar refractivity (Wildman–Crippen MR) is 61.5 cm³/mol. The topological polar surface area (TPSA) is 41.5 Å². The van der Waals surface area contributed by atoms with Crippen LogP contribution in [0.4, 0.5) is 0 Å². The van der Waals surface area contributed by atoms with Crippen molar-refractivity contribution >= 4 is 11.6 Å². The Morgan fingerprint density at radius 2 is 2.27 bits per heavy atom. The monoisotopic (exact) mass is 229 g/mol. The zero-order valence-electron chi connectivity index (χ0n) is 8.96. The first-order chi connectivity index (χ1) is 7.19. The van der Waals surface area contributed by atoms with E-state index in [0.717, 1.165) is 5.56 Å². The minimum absolute atomic E-state index is 0.504. The fraction of sp³-hybridized carbons (Fsp3) is 0.455. The van der Waals surface area contributed by atoms with Crippen LogP contribution < -0.4 is 10.1 Å². The van der Waals surface area contributed by atoms with Gasteiger partial charge in [0, 0.05) is 6.54 Å². The summed E-state index contributed by atoms with van der Waals surface area (Å²) in [7, 11) is 1.79. The smallest absolute Gasteiger partial charge is 0.137 e. The van der Waals surface area contributed by atoms with Gasteiger partial charge in [0.1, 0.15) is 5.75 Å². The van der Waals surface area contributed by atoms with Gasteiger partial charge in [0.2, 0.25) is 0 Å². The lowest BCUT2D eigenvalue weighted by Gasteiger charge is -2.12. The van der Waals surface area contributed by atoms with Gasteiger partial charge in [0.25, 0.3) is 0 Å². The molecule has 3 nitrogen and oxygen atoms in total. The van der Waals surface area contributed by atoms with Gasteiger partial charge in [-0.1, -0.05) is 17.7 Å². The molecule has 0 aliphatic carbocycles. The van der Waals surface area contributed by atoms with E-state index in [9.17, 15) is 5.11 Å². The Bertz CT molecular complexity index is 317. The van der Waals surface area contributed by atoms with Crippen molar-refractivity contribution in [3.8, 4) is 5.75 Å². The normalized spacial score (nSPS) is 12.5. The quantitative estimate of drug-likeness (QED) is 0.812. The first-order valence-corrected chi connectivity index (χ1v) is 5.31. The average Bonchev–Trinajstić information content (AvgIpc) is 2.21. The SMILES string of the molecule is CCOc1ccc(C(O)CNC)cc1Cl. The summed E-state index contributed by atoms with van der Waals surface area (Å²) in [6.07, 6.45) is -0.539. The van der Waals surface area contributed by atoms with Gasteiger partial charge in [-0.05, 0) is 31.7 Å². The van der Waals surface area contributed by atoms with Gasteiger partial charge in [-0.3, -0.25) is 0 Å². The molecule has 84 valence electrons. The third kappa shape index (κ3) is 3.38.